The van der Waals surface area contributed by atoms with Gasteiger partial charge in [-0.1, -0.05) is 13.8 Å². The molecule has 3 aliphatic carbocycles. The number of primary amides is 1. The number of nitrogens with two attached hydrogens (primary N) is 1. The quantitative estimate of drug-likeness (QED) is 0.611. The maximum absolute atomic E-state index is 10.5. The van der Waals surface area contributed by atoms with Gasteiger partial charge in [-0.2, -0.15) is 5.10 Å². The van der Waals surface area contributed by atoms with Crippen molar-refractivity contribution in [1.29, 1.82) is 0 Å². The van der Waals surface area contributed by atoms with E-state index in [1.807, 2.05) is 0 Å². The van der Waals surface area contributed by atoms with E-state index in [4.69, 9.17) is 5.73 Å². The van der Waals surface area contributed by atoms with Gasteiger partial charge in [0, 0.05) is 11.6 Å². The molecule has 4 nitrogen and oxygen atoms in total. The number of rotatable bonds is 1. The molecular weight excluding hydrogens is 178 g/mol. The summed E-state index contributed by atoms with van der Waals surface area (Å²) in [6, 6.07) is -0.572. The van der Waals surface area contributed by atoms with Gasteiger partial charge >= 0.3 is 6.03 Å². The molecule has 0 heterocycles. The first-order valence-electron chi connectivity index (χ1n) is 5.13. The fourth-order valence-electron chi connectivity index (χ4n) is 2.83. The number of hydrazone groups is 1. The second-order valence-corrected chi connectivity index (χ2v) is 4.92. The molecule has 0 aromatic carbocycles. The number of amides is 2. The van der Waals surface area contributed by atoms with Gasteiger partial charge in [0.25, 0.3) is 0 Å². The van der Waals surface area contributed by atoms with Crippen molar-refractivity contribution in [2.24, 2.45) is 28.1 Å². The van der Waals surface area contributed by atoms with Crippen LogP contribution in [0.4, 0.5) is 4.79 Å². The summed E-state index contributed by atoms with van der Waals surface area (Å²) in [5, 5.41) is 4.09. The summed E-state index contributed by atoms with van der Waals surface area (Å²) >= 11 is 0. The first-order chi connectivity index (χ1) is 6.51. The third kappa shape index (κ3) is 1.29. The van der Waals surface area contributed by atoms with Crippen LogP contribution in [0.1, 0.15) is 33.1 Å². The summed E-state index contributed by atoms with van der Waals surface area (Å²) in [5.41, 5.74) is 8.81. The SMILES string of the molecule is CC1(C)[C@H]2CC/C(=N/NC(N)=O)[C@@H]1C2. The van der Waals surface area contributed by atoms with Crippen molar-refractivity contribution in [1.82, 2.24) is 5.43 Å². The number of hydrogen-bond acceptors (Lipinski definition) is 2. The molecule has 2 bridgehead atoms. The molecule has 3 saturated carbocycles. The number of hydrogen-bond donors (Lipinski definition) is 2. The number of urea groups is 1. The molecule has 2 atom stereocenters. The van der Waals surface area contributed by atoms with Crippen LogP contribution in [-0.2, 0) is 0 Å². The van der Waals surface area contributed by atoms with E-state index >= 15 is 0 Å². The highest BCUT2D eigenvalue weighted by molar-refractivity contribution is 5.90. The average molecular weight is 195 g/mol. The van der Waals surface area contributed by atoms with Gasteiger partial charge in [-0.25, -0.2) is 10.2 Å². The molecule has 4 heteroatoms. The normalized spacial score (nSPS) is 36.3. The minimum absolute atomic E-state index is 0.371. The Hall–Kier alpha value is -1.06. The lowest BCUT2D eigenvalue weighted by atomic mass is 9.48. The first-order valence-corrected chi connectivity index (χ1v) is 5.13. The lowest BCUT2D eigenvalue weighted by Gasteiger charge is -2.56. The highest BCUT2D eigenvalue weighted by atomic mass is 16.2. The van der Waals surface area contributed by atoms with Crippen LogP contribution in [0.5, 0.6) is 0 Å². The van der Waals surface area contributed by atoms with E-state index in [0.717, 1.165) is 18.1 Å². The van der Waals surface area contributed by atoms with E-state index < -0.39 is 6.03 Å². The zero-order chi connectivity index (χ0) is 10.3. The van der Waals surface area contributed by atoms with E-state index in [2.05, 4.69) is 24.4 Å². The van der Waals surface area contributed by atoms with Crippen molar-refractivity contribution >= 4 is 11.7 Å². The number of fused-ring (bicyclic) bond motifs is 2. The molecule has 0 aromatic rings. The molecular formula is C10H17N3O. The zero-order valence-electron chi connectivity index (χ0n) is 8.71. The highest BCUT2D eigenvalue weighted by Gasteiger charge is 2.53. The van der Waals surface area contributed by atoms with Gasteiger partial charge in [-0.05, 0) is 30.6 Å². The summed E-state index contributed by atoms with van der Waals surface area (Å²) < 4.78 is 0. The fourth-order valence-corrected chi connectivity index (χ4v) is 2.83. The van der Waals surface area contributed by atoms with E-state index in [1.165, 1.54) is 12.8 Å². The van der Waals surface area contributed by atoms with Gasteiger partial charge in [0.15, 0.2) is 0 Å². The molecule has 0 radical (unpaired) electrons. The third-order valence-electron chi connectivity index (χ3n) is 3.93. The molecule has 3 aliphatic rings. The van der Waals surface area contributed by atoms with Gasteiger partial charge in [0.05, 0.1) is 0 Å². The fraction of sp³-hybridized carbons (Fsp3) is 0.800. The average Bonchev–Trinajstić information content (AvgIpc) is 2.14. The van der Waals surface area contributed by atoms with Crippen LogP contribution in [-0.4, -0.2) is 11.7 Å². The summed E-state index contributed by atoms with van der Waals surface area (Å²) in [4.78, 5) is 10.5. The molecule has 0 aromatic heterocycles. The predicted molar refractivity (Wildman–Crippen MR) is 54.8 cm³/mol. The minimum atomic E-state index is -0.572. The van der Waals surface area contributed by atoms with E-state index in [0.29, 0.717) is 11.3 Å². The maximum Gasteiger partial charge on any atom is 0.332 e. The van der Waals surface area contributed by atoms with Gasteiger partial charge in [0.2, 0.25) is 0 Å². The molecule has 3 N–H and O–H groups in total. The Morgan fingerprint density at radius 2 is 2.36 bits per heavy atom. The predicted octanol–water partition coefficient (Wildman–Crippen LogP) is 1.47. The lowest BCUT2D eigenvalue weighted by Crippen LogP contribution is -2.53. The Morgan fingerprint density at radius 1 is 1.64 bits per heavy atom. The number of carbonyl (C=O) groups excluding carboxylic acids is 1. The molecule has 2 amide bonds. The topological polar surface area (TPSA) is 67.5 Å². The van der Waals surface area contributed by atoms with Gasteiger partial charge in [-0.3, -0.25) is 0 Å². The van der Waals surface area contributed by atoms with Crippen molar-refractivity contribution in [3.05, 3.63) is 0 Å². The monoisotopic (exact) mass is 195 g/mol. The second kappa shape index (κ2) is 2.97. The van der Waals surface area contributed by atoms with E-state index in [-0.39, 0.29) is 0 Å². The van der Waals surface area contributed by atoms with E-state index in [1.54, 1.807) is 0 Å². The van der Waals surface area contributed by atoms with Gasteiger partial charge in [0.1, 0.15) is 0 Å². The van der Waals surface area contributed by atoms with Crippen molar-refractivity contribution in [3.8, 4) is 0 Å². The van der Waals surface area contributed by atoms with Crippen LogP contribution in [0.15, 0.2) is 5.10 Å². The van der Waals surface area contributed by atoms with Crippen molar-refractivity contribution in [2.45, 2.75) is 33.1 Å². The molecule has 0 saturated heterocycles. The molecule has 0 spiro atoms. The van der Waals surface area contributed by atoms with Crippen molar-refractivity contribution < 1.29 is 4.79 Å². The summed E-state index contributed by atoms with van der Waals surface area (Å²) in [5.74, 6) is 1.40. The Morgan fingerprint density at radius 3 is 2.86 bits per heavy atom. The standard InChI is InChI=1S/C10H17N3O/c1-10(2)6-3-4-8(7(10)5-6)12-13-9(11)14/h6-7H,3-5H2,1-2H3,(H3,11,13,14)/b12-8-/t6-,7-/m0/s1. The Labute approximate surface area is 83.9 Å². The van der Waals surface area contributed by atoms with Crippen molar-refractivity contribution in [3.63, 3.8) is 0 Å². The largest absolute Gasteiger partial charge is 0.350 e. The van der Waals surface area contributed by atoms with Crippen LogP contribution in [0.2, 0.25) is 0 Å². The van der Waals surface area contributed by atoms with Gasteiger partial charge < -0.3 is 5.73 Å². The third-order valence-corrected chi connectivity index (χ3v) is 3.93. The van der Waals surface area contributed by atoms with Crippen LogP contribution >= 0.6 is 0 Å². The second-order valence-electron chi connectivity index (χ2n) is 4.92. The van der Waals surface area contributed by atoms with Gasteiger partial charge in [-0.15, -0.1) is 0 Å². The Kier molecular flexibility index (Phi) is 2.01. The molecule has 78 valence electrons. The Bertz CT molecular complexity index is 294. The number of carbonyl (C=O) groups is 1. The van der Waals surface area contributed by atoms with Crippen LogP contribution in [0.3, 0.4) is 0 Å². The highest BCUT2D eigenvalue weighted by Crippen LogP contribution is 2.57. The summed E-state index contributed by atoms with van der Waals surface area (Å²) in [6.07, 6.45) is 3.44. The maximum atomic E-state index is 10.5. The van der Waals surface area contributed by atoms with Crippen molar-refractivity contribution in [2.75, 3.05) is 0 Å². The van der Waals surface area contributed by atoms with Crippen LogP contribution < -0.4 is 11.2 Å². The van der Waals surface area contributed by atoms with Crippen LogP contribution in [0, 0.1) is 17.3 Å². The molecule has 0 unspecified atom stereocenters. The zero-order valence-corrected chi connectivity index (χ0v) is 8.71. The Balaban J connectivity index is 2.07. The summed E-state index contributed by atoms with van der Waals surface area (Å²) in [7, 11) is 0. The smallest absolute Gasteiger partial charge is 0.332 e. The summed E-state index contributed by atoms with van der Waals surface area (Å²) in [6.45, 7) is 4.57. The number of nitrogens with zero attached hydrogens (tertiary/aromatic N) is 1. The molecule has 0 aliphatic heterocycles. The molecule has 3 fully saturated rings. The lowest BCUT2D eigenvalue weighted by molar-refractivity contribution is 0.00114. The van der Waals surface area contributed by atoms with E-state index in [9.17, 15) is 4.79 Å². The first kappa shape index (κ1) is 9.49. The molecule has 14 heavy (non-hydrogen) atoms. The molecule has 3 rings (SSSR count). The minimum Gasteiger partial charge on any atom is -0.350 e. The number of nitrogens with one attached hydrogen (secondary N) is 1. The van der Waals surface area contributed by atoms with Crippen LogP contribution in [0.25, 0.3) is 0 Å².